The monoisotopic (exact) mass is 243 g/mol. The first-order valence-corrected chi connectivity index (χ1v) is 6.96. The lowest BCUT2D eigenvalue weighted by molar-refractivity contribution is 0.0975. The van der Waals surface area contributed by atoms with Crippen LogP contribution in [0.1, 0.15) is 23.2 Å². The summed E-state index contributed by atoms with van der Waals surface area (Å²) in [6.45, 7) is 1.98. The molecule has 0 aliphatic heterocycles. The van der Waals surface area contributed by atoms with Crippen molar-refractivity contribution >= 4 is 33.8 Å². The molecule has 0 aliphatic rings. The number of aliphatic imine (C=N–C) groups is 1. The van der Waals surface area contributed by atoms with E-state index in [1.165, 1.54) is 23.5 Å². The van der Waals surface area contributed by atoms with Crippen LogP contribution in [0.2, 0.25) is 0 Å². The number of furan rings is 1. The molecule has 0 fully saturated rings. The molecule has 0 saturated heterocycles. The summed E-state index contributed by atoms with van der Waals surface area (Å²) in [5.41, 5.74) is 0. The smallest absolute Gasteiger partial charge is 0.314 e. The van der Waals surface area contributed by atoms with Gasteiger partial charge in [0.25, 0.3) is 0 Å². The van der Waals surface area contributed by atoms with Gasteiger partial charge in [0.2, 0.25) is 0 Å². The molecule has 1 amide bonds. The Hall–Kier alpha value is -0.680. The zero-order valence-electron chi connectivity index (χ0n) is 8.94. The van der Waals surface area contributed by atoms with Gasteiger partial charge in [-0.05, 0) is 24.6 Å². The summed E-state index contributed by atoms with van der Waals surface area (Å²) >= 11 is 2.91. The van der Waals surface area contributed by atoms with E-state index in [0.29, 0.717) is 5.76 Å². The number of rotatable bonds is 2. The lowest BCUT2D eigenvalue weighted by atomic mass is 10.3. The standard InChI is InChI=1S/C10H13NO2S2/c1-4-7-5-6-8(13-7)9(12)11-10(14-2)15-3/h5-6H,4H2,1-3H3. The van der Waals surface area contributed by atoms with Crippen LogP contribution in [-0.4, -0.2) is 22.8 Å². The quantitative estimate of drug-likeness (QED) is 0.591. The van der Waals surface area contributed by atoms with E-state index in [9.17, 15) is 4.79 Å². The molecule has 0 aliphatic carbocycles. The van der Waals surface area contributed by atoms with Crippen LogP contribution in [0.4, 0.5) is 0 Å². The summed E-state index contributed by atoms with van der Waals surface area (Å²) in [5.74, 6) is 0.809. The number of aryl methyl sites for hydroxylation is 1. The summed E-state index contributed by atoms with van der Waals surface area (Å²) in [6.07, 6.45) is 4.57. The van der Waals surface area contributed by atoms with Crippen molar-refractivity contribution in [1.29, 1.82) is 0 Å². The average molecular weight is 243 g/mol. The summed E-state index contributed by atoms with van der Waals surface area (Å²) in [5, 5.41) is 0. The third-order valence-electron chi connectivity index (χ3n) is 1.76. The van der Waals surface area contributed by atoms with Gasteiger partial charge in [-0.2, -0.15) is 4.99 Å². The van der Waals surface area contributed by atoms with E-state index in [4.69, 9.17) is 4.42 Å². The molecule has 1 rings (SSSR count). The molecule has 0 aromatic carbocycles. The lowest BCUT2D eigenvalue weighted by Crippen LogP contribution is -1.96. The molecule has 1 aromatic heterocycles. The first-order chi connectivity index (χ1) is 7.21. The van der Waals surface area contributed by atoms with Crippen LogP contribution in [0.15, 0.2) is 21.5 Å². The van der Waals surface area contributed by atoms with E-state index in [2.05, 4.69) is 4.99 Å². The van der Waals surface area contributed by atoms with E-state index in [-0.39, 0.29) is 5.91 Å². The first-order valence-electron chi connectivity index (χ1n) is 4.51. The predicted molar refractivity (Wildman–Crippen MR) is 66.9 cm³/mol. The van der Waals surface area contributed by atoms with Crippen molar-refractivity contribution in [2.45, 2.75) is 13.3 Å². The van der Waals surface area contributed by atoms with E-state index in [0.717, 1.165) is 16.6 Å². The highest BCUT2D eigenvalue weighted by atomic mass is 32.2. The molecule has 0 unspecified atom stereocenters. The Balaban J connectivity index is 2.80. The summed E-state index contributed by atoms with van der Waals surface area (Å²) in [4.78, 5) is 15.5. The third kappa shape index (κ3) is 3.43. The molecule has 0 bridgehead atoms. The van der Waals surface area contributed by atoms with Gasteiger partial charge in [0.1, 0.15) is 10.1 Å². The molecule has 0 atom stereocenters. The number of nitrogens with zero attached hydrogens (tertiary/aromatic N) is 1. The maximum absolute atomic E-state index is 11.6. The van der Waals surface area contributed by atoms with Crippen LogP contribution < -0.4 is 0 Å². The van der Waals surface area contributed by atoms with Crippen LogP contribution in [0.3, 0.4) is 0 Å². The van der Waals surface area contributed by atoms with E-state index < -0.39 is 0 Å². The van der Waals surface area contributed by atoms with Gasteiger partial charge < -0.3 is 4.42 Å². The number of amides is 1. The fourth-order valence-electron chi connectivity index (χ4n) is 0.996. The van der Waals surface area contributed by atoms with Crippen molar-refractivity contribution in [2.24, 2.45) is 4.99 Å². The van der Waals surface area contributed by atoms with Gasteiger partial charge in [0.15, 0.2) is 5.76 Å². The molecule has 82 valence electrons. The van der Waals surface area contributed by atoms with Crippen molar-refractivity contribution in [3.63, 3.8) is 0 Å². The minimum atomic E-state index is -0.312. The predicted octanol–water partition coefficient (Wildman–Crippen LogP) is 3.06. The van der Waals surface area contributed by atoms with Gasteiger partial charge in [-0.1, -0.05) is 6.92 Å². The van der Waals surface area contributed by atoms with Gasteiger partial charge >= 0.3 is 5.91 Å². The van der Waals surface area contributed by atoms with Crippen LogP contribution in [0.25, 0.3) is 0 Å². The van der Waals surface area contributed by atoms with Gasteiger partial charge in [-0.25, -0.2) is 0 Å². The maximum atomic E-state index is 11.6. The second kappa shape index (κ2) is 6.02. The Labute approximate surface area is 97.7 Å². The normalized spacial score (nSPS) is 10.1. The second-order valence-electron chi connectivity index (χ2n) is 2.71. The van der Waals surface area contributed by atoms with Crippen molar-refractivity contribution < 1.29 is 9.21 Å². The summed E-state index contributed by atoms with van der Waals surface area (Å²) < 4.78 is 6.05. The summed E-state index contributed by atoms with van der Waals surface area (Å²) in [7, 11) is 0. The summed E-state index contributed by atoms with van der Waals surface area (Å²) in [6, 6.07) is 3.48. The molecule has 0 saturated carbocycles. The highest BCUT2D eigenvalue weighted by Crippen LogP contribution is 2.14. The minimum absolute atomic E-state index is 0.312. The fourth-order valence-corrected chi connectivity index (χ4v) is 2.01. The van der Waals surface area contributed by atoms with Crippen LogP contribution in [0, 0.1) is 0 Å². The first kappa shape index (κ1) is 12.4. The molecule has 1 heterocycles. The number of thioether (sulfide) groups is 2. The van der Waals surface area contributed by atoms with Crippen molar-refractivity contribution in [3.05, 3.63) is 23.7 Å². The van der Waals surface area contributed by atoms with E-state index >= 15 is 0 Å². The second-order valence-corrected chi connectivity index (χ2v) is 4.56. The Morgan fingerprint density at radius 3 is 2.53 bits per heavy atom. The highest BCUT2D eigenvalue weighted by Gasteiger charge is 2.10. The molecule has 1 aromatic rings. The number of carbonyl (C=O) groups is 1. The number of hydrogen-bond donors (Lipinski definition) is 0. The Bertz CT molecular complexity index is 365. The number of carbonyl (C=O) groups excluding carboxylic acids is 1. The molecule has 15 heavy (non-hydrogen) atoms. The lowest BCUT2D eigenvalue weighted by Gasteiger charge is -1.95. The molecule has 0 N–H and O–H groups in total. The molecule has 0 spiro atoms. The highest BCUT2D eigenvalue weighted by molar-refractivity contribution is 8.38. The van der Waals surface area contributed by atoms with Crippen molar-refractivity contribution in [3.8, 4) is 0 Å². The molecular weight excluding hydrogens is 230 g/mol. The molecule has 5 heteroatoms. The van der Waals surface area contributed by atoms with Gasteiger partial charge in [0, 0.05) is 6.42 Å². The largest absolute Gasteiger partial charge is 0.456 e. The maximum Gasteiger partial charge on any atom is 0.314 e. The topological polar surface area (TPSA) is 42.6 Å². The SMILES string of the molecule is CCc1ccc(C(=O)N=C(SC)SC)o1. The Morgan fingerprint density at radius 2 is 2.07 bits per heavy atom. The Kier molecular flexibility index (Phi) is 4.98. The fraction of sp³-hybridized carbons (Fsp3) is 0.400. The van der Waals surface area contributed by atoms with Crippen molar-refractivity contribution in [1.82, 2.24) is 0 Å². The average Bonchev–Trinajstić information content (AvgIpc) is 2.74. The van der Waals surface area contributed by atoms with E-state index in [1.54, 1.807) is 12.1 Å². The van der Waals surface area contributed by atoms with E-state index in [1.807, 2.05) is 19.4 Å². The van der Waals surface area contributed by atoms with Crippen LogP contribution >= 0.6 is 23.5 Å². The Morgan fingerprint density at radius 1 is 1.40 bits per heavy atom. The molecule has 0 radical (unpaired) electrons. The van der Waals surface area contributed by atoms with Gasteiger partial charge in [-0.15, -0.1) is 23.5 Å². The van der Waals surface area contributed by atoms with Crippen LogP contribution in [0.5, 0.6) is 0 Å². The van der Waals surface area contributed by atoms with Crippen molar-refractivity contribution in [2.75, 3.05) is 12.5 Å². The zero-order valence-corrected chi connectivity index (χ0v) is 10.6. The zero-order chi connectivity index (χ0) is 11.3. The van der Waals surface area contributed by atoms with Gasteiger partial charge in [0.05, 0.1) is 0 Å². The third-order valence-corrected chi connectivity index (χ3v) is 3.64. The van der Waals surface area contributed by atoms with Gasteiger partial charge in [-0.3, -0.25) is 4.79 Å². The number of hydrogen-bond acceptors (Lipinski definition) is 4. The molecule has 3 nitrogen and oxygen atoms in total. The van der Waals surface area contributed by atoms with Crippen LogP contribution in [-0.2, 0) is 6.42 Å². The minimum Gasteiger partial charge on any atom is -0.456 e. The molecular formula is C10H13NO2S2.